The van der Waals surface area contributed by atoms with Gasteiger partial charge in [0.05, 0.1) is 56.8 Å². The zero-order chi connectivity index (χ0) is 46.6. The van der Waals surface area contributed by atoms with Gasteiger partial charge in [0.1, 0.15) is 16.3 Å². The summed E-state index contributed by atoms with van der Waals surface area (Å²) in [7, 11) is -19.0. The van der Waals surface area contributed by atoms with E-state index in [1.807, 2.05) is 0 Å². The fourth-order valence-corrected chi connectivity index (χ4v) is 9.63. The molecule has 33 heteroatoms. The lowest BCUT2D eigenvalue weighted by molar-refractivity contribution is -0.432. The predicted octanol–water partition coefficient (Wildman–Crippen LogP) is 6.38. The van der Waals surface area contributed by atoms with Gasteiger partial charge < -0.3 is 15.7 Å². The molecule has 0 fully saturated rings. The standard InChI is InChI=1S/C31H24ClN7O19S6/c32-29-35-30(33-16-4-6-17(7-5-16)61(43,44)11-10-54-64(51,52)53)37-31(36-29)34-22-14-18(62(45,46)47)12-15-13-24(60-58-56-42)26(27(40)25(15)22)39-38-21-9-8-19-20(28(21)63(48,49)50)2-1-3-23(19)59-57-55-41/h1-9,12-14,40-42H,10-11H2,(H,45,46,47)(H,48,49,50)(H,51,52,53)(H2,33,34,35,36,37). The van der Waals surface area contributed by atoms with E-state index in [1.54, 1.807) is 0 Å². The van der Waals surface area contributed by atoms with Gasteiger partial charge in [-0.05, 0) is 77.0 Å². The summed E-state index contributed by atoms with van der Waals surface area (Å²) in [6, 6.07) is 14.4. The first-order chi connectivity index (χ1) is 30.1. The number of halogens is 1. The molecule has 0 aliphatic heterocycles. The Morgan fingerprint density at radius 3 is 1.98 bits per heavy atom. The Morgan fingerprint density at radius 1 is 0.703 bits per heavy atom. The molecule has 0 bridgehead atoms. The van der Waals surface area contributed by atoms with Gasteiger partial charge in [-0.1, -0.05) is 28.3 Å². The minimum atomic E-state index is -5.08. The van der Waals surface area contributed by atoms with Crippen LogP contribution in [0.15, 0.2) is 108 Å². The fourth-order valence-electron chi connectivity index (χ4n) is 5.61. The van der Waals surface area contributed by atoms with Crippen molar-refractivity contribution in [3.63, 3.8) is 0 Å². The van der Waals surface area contributed by atoms with Crippen LogP contribution in [0.25, 0.3) is 21.5 Å². The third-order valence-corrected chi connectivity index (χ3v) is 13.5. The second kappa shape index (κ2) is 19.6. The van der Waals surface area contributed by atoms with E-state index in [1.165, 1.54) is 36.4 Å². The molecular weight excluding hydrogens is 1000 g/mol. The van der Waals surface area contributed by atoms with Gasteiger partial charge in [0.15, 0.2) is 15.6 Å². The highest BCUT2D eigenvalue weighted by atomic mass is 35.5. The van der Waals surface area contributed by atoms with Crippen LogP contribution in [0.2, 0.25) is 5.28 Å². The lowest BCUT2D eigenvalue weighted by Gasteiger charge is -2.15. The van der Waals surface area contributed by atoms with Crippen molar-refractivity contribution in [1.82, 2.24) is 15.0 Å². The molecule has 0 aliphatic carbocycles. The van der Waals surface area contributed by atoms with Crippen LogP contribution in [0.4, 0.5) is 34.6 Å². The maximum atomic E-state index is 12.7. The lowest BCUT2D eigenvalue weighted by Crippen LogP contribution is -2.15. The molecule has 5 aromatic carbocycles. The van der Waals surface area contributed by atoms with Gasteiger partial charge in [-0.15, -0.1) is 18.9 Å². The second-order valence-corrected chi connectivity index (χ2v) is 19.9. The van der Waals surface area contributed by atoms with Crippen molar-refractivity contribution in [2.24, 2.45) is 10.2 Å². The van der Waals surface area contributed by atoms with Gasteiger partial charge in [-0.25, -0.2) is 23.1 Å². The Labute approximate surface area is 372 Å². The molecule has 1 aromatic heterocycles. The largest absolute Gasteiger partial charge is 0.505 e. The minimum absolute atomic E-state index is 0.0964. The molecular formula is C31H24ClN7O19S6. The first-order valence-electron chi connectivity index (χ1n) is 16.5. The van der Waals surface area contributed by atoms with Crippen LogP contribution in [0.3, 0.4) is 0 Å². The summed E-state index contributed by atoms with van der Waals surface area (Å²) in [5, 5.41) is 49.1. The molecule has 64 heavy (non-hydrogen) atoms. The molecule has 8 N–H and O–H groups in total. The first-order valence-corrected chi connectivity index (χ1v) is 24.3. The number of nitrogens with zero attached hydrogens (tertiary/aromatic N) is 5. The minimum Gasteiger partial charge on any atom is -0.505 e. The van der Waals surface area contributed by atoms with Gasteiger partial charge in [0.2, 0.25) is 17.2 Å². The second-order valence-electron chi connectivity index (χ2n) is 12.1. The van der Waals surface area contributed by atoms with E-state index in [2.05, 4.69) is 58.7 Å². The van der Waals surface area contributed by atoms with Crippen LogP contribution in [-0.4, -0.2) is 90.3 Å². The quantitative estimate of drug-likeness (QED) is 0.0143. The Hall–Kier alpha value is -4.98. The number of hydrogen-bond donors (Lipinski definition) is 8. The summed E-state index contributed by atoms with van der Waals surface area (Å²) in [5.74, 6) is -2.33. The van der Waals surface area contributed by atoms with Crippen LogP contribution in [0, 0.1) is 0 Å². The average Bonchev–Trinajstić information content (AvgIpc) is 3.20. The molecule has 0 unspecified atom stereocenters. The SMILES string of the molecule is O=S(=O)(O)OCCS(=O)(=O)c1ccc(Nc2nc(Cl)nc(Nc3cc(S(=O)(=O)O)cc4cc(SOOO)c(N=Nc5ccc6c(SOOO)cccc6c5S(=O)(=O)O)c(O)c34)n2)cc1. The summed E-state index contributed by atoms with van der Waals surface area (Å²) in [4.78, 5) is 10.3. The highest BCUT2D eigenvalue weighted by molar-refractivity contribution is 7.95. The van der Waals surface area contributed by atoms with Gasteiger partial charge in [-0.2, -0.15) is 40.2 Å². The number of phenols is 1. The van der Waals surface area contributed by atoms with Crippen molar-refractivity contribution in [2.75, 3.05) is 23.0 Å². The number of azo groups is 1. The van der Waals surface area contributed by atoms with E-state index in [0.717, 1.165) is 36.4 Å². The molecule has 0 radical (unpaired) electrons. The highest BCUT2D eigenvalue weighted by Crippen LogP contribution is 2.48. The van der Waals surface area contributed by atoms with Crippen LogP contribution < -0.4 is 10.6 Å². The molecule has 6 rings (SSSR count). The van der Waals surface area contributed by atoms with Crippen LogP contribution in [0.1, 0.15) is 0 Å². The van der Waals surface area contributed by atoms with E-state index in [-0.39, 0.29) is 65.6 Å². The summed E-state index contributed by atoms with van der Waals surface area (Å²) < 4.78 is 139. The summed E-state index contributed by atoms with van der Waals surface area (Å²) in [5.41, 5.74) is -1.18. The number of rotatable bonds is 19. The van der Waals surface area contributed by atoms with Crippen LogP contribution in [0.5, 0.6) is 5.75 Å². The van der Waals surface area contributed by atoms with E-state index in [9.17, 15) is 47.9 Å². The summed E-state index contributed by atoms with van der Waals surface area (Å²) in [6.45, 7) is -0.857. The van der Waals surface area contributed by atoms with Crippen molar-refractivity contribution < 1.29 is 85.9 Å². The Kier molecular flexibility index (Phi) is 14.9. The third kappa shape index (κ3) is 11.8. The number of phenolic OH excluding ortho intramolecular Hbond substituents is 1. The zero-order valence-electron chi connectivity index (χ0n) is 30.9. The summed E-state index contributed by atoms with van der Waals surface area (Å²) >= 11 is 6.87. The molecule has 0 atom stereocenters. The number of aromatic nitrogens is 3. The van der Waals surface area contributed by atoms with Crippen molar-refractivity contribution in [3.05, 3.63) is 78.1 Å². The number of nitrogens with one attached hydrogen (secondary N) is 2. The molecule has 0 spiro atoms. The monoisotopic (exact) mass is 1020 g/mol. The van der Waals surface area contributed by atoms with Crippen molar-refractivity contribution in [2.45, 2.75) is 24.5 Å². The van der Waals surface area contributed by atoms with Crippen LogP contribution in [-0.2, 0) is 63.4 Å². The third-order valence-electron chi connectivity index (χ3n) is 8.11. The number of benzene rings is 5. The first kappa shape index (κ1) is 48.5. The van der Waals surface area contributed by atoms with Crippen molar-refractivity contribution in [3.8, 4) is 5.75 Å². The van der Waals surface area contributed by atoms with Gasteiger partial charge >= 0.3 is 10.4 Å². The number of sulfone groups is 1. The molecule has 0 saturated heterocycles. The molecule has 340 valence electrons. The molecule has 0 saturated carbocycles. The van der Waals surface area contributed by atoms with E-state index in [4.69, 9.17) is 26.7 Å². The maximum absolute atomic E-state index is 12.7. The number of anilines is 4. The number of hydrogen-bond acceptors (Lipinski definition) is 25. The zero-order valence-corrected chi connectivity index (χ0v) is 36.6. The maximum Gasteiger partial charge on any atom is 0.397 e. The van der Waals surface area contributed by atoms with Gasteiger partial charge in [0.25, 0.3) is 20.2 Å². The Bertz CT molecular complexity index is 3260. The molecule has 0 amide bonds. The molecule has 26 nitrogen and oxygen atoms in total. The molecule has 6 aromatic rings. The van der Waals surface area contributed by atoms with Crippen molar-refractivity contribution in [1.29, 1.82) is 0 Å². The van der Waals surface area contributed by atoms with Crippen molar-refractivity contribution >= 4 is 132 Å². The predicted molar refractivity (Wildman–Crippen MR) is 222 cm³/mol. The number of aromatic hydroxyl groups is 1. The topological polar surface area (TPSA) is 392 Å². The molecule has 1 heterocycles. The average molecular weight is 1030 g/mol. The normalized spacial score (nSPS) is 12.7. The van der Waals surface area contributed by atoms with Gasteiger partial charge in [0, 0.05) is 21.4 Å². The van der Waals surface area contributed by atoms with E-state index in [0.29, 0.717) is 12.0 Å². The smallest absolute Gasteiger partial charge is 0.397 e. The Balaban J connectivity index is 1.41. The highest BCUT2D eigenvalue weighted by Gasteiger charge is 2.25. The van der Waals surface area contributed by atoms with Crippen LogP contribution >= 0.6 is 35.7 Å². The van der Waals surface area contributed by atoms with E-state index < -0.39 is 91.0 Å². The Morgan fingerprint density at radius 2 is 1.36 bits per heavy atom. The summed E-state index contributed by atoms with van der Waals surface area (Å²) in [6.07, 6.45) is 0. The number of fused-ring (bicyclic) bond motifs is 2. The fraction of sp³-hybridized carbons (Fsp3) is 0.0645. The van der Waals surface area contributed by atoms with Gasteiger partial charge in [-0.3, -0.25) is 13.7 Å². The van der Waals surface area contributed by atoms with E-state index >= 15 is 0 Å². The lowest BCUT2D eigenvalue weighted by atomic mass is 10.1. The molecule has 0 aliphatic rings.